The predicted molar refractivity (Wildman–Crippen MR) is 69.9 cm³/mol. The summed E-state index contributed by atoms with van der Waals surface area (Å²) >= 11 is 5.82. The maximum atomic E-state index is 12.9. The van der Waals surface area contributed by atoms with Crippen molar-refractivity contribution in [3.63, 3.8) is 0 Å². The Kier molecular flexibility index (Phi) is 4.09. The lowest BCUT2D eigenvalue weighted by Gasteiger charge is -2.15. The molecule has 0 amide bonds. The number of benzene rings is 2. The van der Waals surface area contributed by atoms with Crippen LogP contribution in [-0.4, -0.2) is 11.1 Å². The van der Waals surface area contributed by atoms with Gasteiger partial charge in [-0.3, -0.25) is 0 Å². The lowest BCUT2D eigenvalue weighted by Crippen LogP contribution is -2.08. The second-order valence-corrected chi connectivity index (χ2v) is 4.45. The quantitative estimate of drug-likeness (QED) is 0.880. The summed E-state index contributed by atoms with van der Waals surface area (Å²) in [6.07, 6.45) is -4.67. The molecular weight excluding hydrogens is 309 g/mol. The fourth-order valence-electron chi connectivity index (χ4n) is 1.62. The summed E-state index contributed by atoms with van der Waals surface area (Å²) in [5.74, 6) is -1.96. The van der Waals surface area contributed by atoms with E-state index in [1.807, 2.05) is 0 Å². The summed E-state index contributed by atoms with van der Waals surface area (Å²) in [6, 6.07) is 8.30. The number of hydrogen-bond donors (Lipinski definition) is 1. The highest BCUT2D eigenvalue weighted by Gasteiger charge is 2.35. The van der Waals surface area contributed by atoms with Crippen molar-refractivity contribution >= 4 is 17.6 Å². The fraction of sp³-hybridized carbons (Fsp3) is 0.0714. The van der Waals surface area contributed by atoms with Crippen molar-refractivity contribution < 1.29 is 27.8 Å². The fourth-order valence-corrected chi connectivity index (χ4v) is 1.79. The zero-order valence-corrected chi connectivity index (χ0v) is 11.1. The zero-order chi connectivity index (χ0) is 15.6. The van der Waals surface area contributed by atoms with Gasteiger partial charge in [0.1, 0.15) is 11.5 Å². The zero-order valence-electron chi connectivity index (χ0n) is 10.3. The highest BCUT2D eigenvalue weighted by atomic mass is 35.5. The van der Waals surface area contributed by atoms with Crippen LogP contribution in [-0.2, 0) is 6.18 Å². The highest BCUT2D eigenvalue weighted by Crippen LogP contribution is 2.40. The van der Waals surface area contributed by atoms with Crippen LogP contribution in [0.4, 0.5) is 13.2 Å². The average molecular weight is 317 g/mol. The molecule has 7 heteroatoms. The number of aromatic carboxylic acids is 1. The van der Waals surface area contributed by atoms with Crippen molar-refractivity contribution in [3.8, 4) is 11.5 Å². The Balaban J connectivity index is 2.51. The monoisotopic (exact) mass is 316 g/mol. The Labute approximate surface area is 122 Å². The molecule has 110 valence electrons. The summed E-state index contributed by atoms with van der Waals surface area (Å²) in [5.41, 5.74) is -1.39. The predicted octanol–water partition coefficient (Wildman–Crippen LogP) is 4.85. The van der Waals surface area contributed by atoms with E-state index in [-0.39, 0.29) is 16.3 Å². The number of carboxylic acid groups (broad SMARTS) is 1. The second kappa shape index (κ2) is 5.65. The number of alkyl halides is 3. The molecule has 0 saturated carbocycles. The van der Waals surface area contributed by atoms with E-state index in [9.17, 15) is 18.0 Å². The van der Waals surface area contributed by atoms with Gasteiger partial charge in [-0.05, 0) is 30.3 Å². The van der Waals surface area contributed by atoms with E-state index in [0.717, 1.165) is 12.1 Å². The molecule has 3 nitrogen and oxygen atoms in total. The average Bonchev–Trinajstić information content (AvgIpc) is 2.40. The van der Waals surface area contributed by atoms with E-state index in [1.165, 1.54) is 18.2 Å². The Hall–Kier alpha value is -2.21. The summed E-state index contributed by atoms with van der Waals surface area (Å²) in [4.78, 5) is 10.9. The lowest BCUT2D eigenvalue weighted by atomic mass is 10.1. The van der Waals surface area contributed by atoms with Crippen LogP contribution >= 0.6 is 11.6 Å². The maximum Gasteiger partial charge on any atom is 0.419 e. The van der Waals surface area contributed by atoms with Gasteiger partial charge in [0, 0.05) is 0 Å². The number of carboxylic acids is 1. The molecule has 0 heterocycles. The van der Waals surface area contributed by atoms with Crippen molar-refractivity contribution in [2.75, 3.05) is 0 Å². The first-order chi connectivity index (χ1) is 9.79. The number of carbonyl (C=O) groups is 1. The van der Waals surface area contributed by atoms with Gasteiger partial charge in [0.25, 0.3) is 0 Å². The lowest BCUT2D eigenvalue weighted by molar-refractivity contribution is -0.138. The molecule has 0 aliphatic heterocycles. The van der Waals surface area contributed by atoms with Crippen LogP contribution in [0, 0.1) is 0 Å². The first-order valence-corrected chi connectivity index (χ1v) is 6.04. The van der Waals surface area contributed by atoms with Gasteiger partial charge >= 0.3 is 12.1 Å². The number of rotatable bonds is 3. The molecule has 0 atom stereocenters. The molecule has 0 fully saturated rings. The molecule has 1 N–H and O–H groups in total. The van der Waals surface area contributed by atoms with Gasteiger partial charge in [0.2, 0.25) is 0 Å². The van der Waals surface area contributed by atoms with Crippen LogP contribution < -0.4 is 4.74 Å². The van der Waals surface area contributed by atoms with Crippen molar-refractivity contribution in [1.82, 2.24) is 0 Å². The molecule has 0 aliphatic rings. The summed E-state index contributed by atoms with van der Waals surface area (Å²) < 4.78 is 43.9. The van der Waals surface area contributed by atoms with Crippen LogP contribution in [0.25, 0.3) is 0 Å². The van der Waals surface area contributed by atoms with E-state index in [4.69, 9.17) is 21.4 Å². The van der Waals surface area contributed by atoms with Crippen molar-refractivity contribution in [2.24, 2.45) is 0 Å². The van der Waals surface area contributed by atoms with Gasteiger partial charge < -0.3 is 9.84 Å². The van der Waals surface area contributed by atoms with E-state index >= 15 is 0 Å². The molecule has 0 saturated heterocycles. The highest BCUT2D eigenvalue weighted by molar-refractivity contribution is 6.32. The molecule has 2 rings (SSSR count). The van der Waals surface area contributed by atoms with Crippen LogP contribution in [0.5, 0.6) is 11.5 Å². The van der Waals surface area contributed by atoms with E-state index in [1.54, 1.807) is 6.07 Å². The number of para-hydroxylation sites is 1. The SMILES string of the molecule is O=C(O)c1ccc(C(F)(F)F)c(Oc2ccccc2Cl)c1. The molecule has 0 radical (unpaired) electrons. The van der Waals surface area contributed by atoms with Crippen LogP contribution in [0.2, 0.25) is 5.02 Å². The molecule has 0 aromatic heterocycles. The van der Waals surface area contributed by atoms with Crippen molar-refractivity contribution in [1.29, 1.82) is 0 Å². The Morgan fingerprint density at radius 1 is 1.10 bits per heavy atom. The second-order valence-electron chi connectivity index (χ2n) is 4.05. The number of ether oxygens (including phenoxy) is 1. The topological polar surface area (TPSA) is 46.5 Å². The molecular formula is C14H8ClF3O3. The number of halogens is 4. The van der Waals surface area contributed by atoms with Crippen LogP contribution in [0.3, 0.4) is 0 Å². The summed E-state index contributed by atoms with van der Waals surface area (Å²) in [6.45, 7) is 0. The third-order valence-electron chi connectivity index (χ3n) is 2.59. The van der Waals surface area contributed by atoms with Gasteiger partial charge in [-0.2, -0.15) is 13.2 Å². The van der Waals surface area contributed by atoms with E-state index in [2.05, 4.69) is 0 Å². The Morgan fingerprint density at radius 2 is 1.76 bits per heavy atom. The van der Waals surface area contributed by atoms with Gasteiger partial charge in [0.15, 0.2) is 0 Å². The molecule has 2 aromatic rings. The molecule has 21 heavy (non-hydrogen) atoms. The standard InChI is InChI=1S/C14H8ClF3O3/c15-10-3-1-2-4-11(10)21-12-7-8(13(19)20)5-6-9(12)14(16,17)18/h1-7H,(H,19,20). The van der Waals surface area contributed by atoms with Crippen molar-refractivity contribution in [2.45, 2.75) is 6.18 Å². The third kappa shape index (κ3) is 3.46. The summed E-state index contributed by atoms with van der Waals surface area (Å²) in [7, 11) is 0. The van der Waals surface area contributed by atoms with Crippen LogP contribution in [0.15, 0.2) is 42.5 Å². The largest absolute Gasteiger partial charge is 0.478 e. The van der Waals surface area contributed by atoms with E-state index < -0.39 is 23.5 Å². The molecule has 0 bridgehead atoms. The maximum absolute atomic E-state index is 12.9. The first kappa shape index (κ1) is 15.2. The summed E-state index contributed by atoms with van der Waals surface area (Å²) in [5, 5.41) is 8.98. The minimum absolute atomic E-state index is 0.00667. The van der Waals surface area contributed by atoms with E-state index in [0.29, 0.717) is 6.07 Å². The van der Waals surface area contributed by atoms with Crippen molar-refractivity contribution in [3.05, 3.63) is 58.6 Å². The first-order valence-electron chi connectivity index (χ1n) is 5.66. The van der Waals surface area contributed by atoms with Gasteiger partial charge in [-0.15, -0.1) is 0 Å². The van der Waals surface area contributed by atoms with Gasteiger partial charge in [-0.1, -0.05) is 23.7 Å². The smallest absolute Gasteiger partial charge is 0.419 e. The Bertz CT molecular complexity index is 683. The van der Waals surface area contributed by atoms with Crippen LogP contribution in [0.1, 0.15) is 15.9 Å². The minimum atomic E-state index is -4.67. The Morgan fingerprint density at radius 3 is 2.33 bits per heavy atom. The molecule has 2 aromatic carbocycles. The normalized spacial score (nSPS) is 11.2. The minimum Gasteiger partial charge on any atom is -0.478 e. The molecule has 0 unspecified atom stereocenters. The molecule has 0 spiro atoms. The van der Waals surface area contributed by atoms with Gasteiger partial charge in [0.05, 0.1) is 16.1 Å². The number of hydrogen-bond acceptors (Lipinski definition) is 2. The van der Waals surface area contributed by atoms with Gasteiger partial charge in [-0.25, -0.2) is 4.79 Å². The third-order valence-corrected chi connectivity index (χ3v) is 2.90. The molecule has 0 aliphatic carbocycles.